The van der Waals surface area contributed by atoms with Gasteiger partial charge in [0, 0.05) is 11.4 Å². The molecule has 2 N–H and O–H groups in total. The van der Waals surface area contributed by atoms with Gasteiger partial charge in [0.15, 0.2) is 0 Å². The van der Waals surface area contributed by atoms with Crippen LogP contribution >= 0.6 is 0 Å². The van der Waals surface area contributed by atoms with Gasteiger partial charge < -0.3 is 10.4 Å². The summed E-state index contributed by atoms with van der Waals surface area (Å²) in [5.74, 6) is -0.874. The fraction of sp³-hybridized carbons (Fsp3) is 0.200. The van der Waals surface area contributed by atoms with E-state index >= 15 is 0 Å². The summed E-state index contributed by atoms with van der Waals surface area (Å²) in [5, 5.41) is 12.1. The van der Waals surface area contributed by atoms with E-state index in [0.29, 0.717) is 17.9 Å². The molecule has 2 aromatic rings. The van der Waals surface area contributed by atoms with E-state index in [0.717, 1.165) is 12.1 Å². The van der Waals surface area contributed by atoms with Gasteiger partial charge in [-0.15, -0.1) is 0 Å². The van der Waals surface area contributed by atoms with Gasteiger partial charge in [-0.25, -0.2) is 14.2 Å². The van der Waals surface area contributed by atoms with Crippen LogP contribution in [0.5, 0.6) is 0 Å². The predicted molar refractivity (Wildman–Crippen MR) is 74.9 cm³/mol. The minimum atomic E-state index is -0.994. The molecule has 0 radical (unpaired) electrons. The Labute approximate surface area is 116 Å². The van der Waals surface area contributed by atoms with Crippen molar-refractivity contribution in [3.05, 3.63) is 53.5 Å². The maximum absolute atomic E-state index is 12.8. The lowest BCUT2D eigenvalue weighted by molar-refractivity contribution is 0.0696. The van der Waals surface area contributed by atoms with E-state index in [1.807, 2.05) is 6.92 Å². The van der Waals surface area contributed by atoms with Crippen molar-refractivity contribution < 1.29 is 14.3 Å². The van der Waals surface area contributed by atoms with E-state index < -0.39 is 5.97 Å². The van der Waals surface area contributed by atoms with Crippen molar-refractivity contribution in [2.75, 3.05) is 5.32 Å². The van der Waals surface area contributed by atoms with Crippen LogP contribution < -0.4 is 5.32 Å². The molecular weight excluding hydrogens is 259 g/mol. The zero-order valence-corrected chi connectivity index (χ0v) is 11.1. The number of carboxylic acids is 1. The maximum Gasteiger partial charge on any atom is 0.335 e. The molecule has 104 valence electrons. The third-order valence-corrected chi connectivity index (χ3v) is 2.75. The second-order valence-corrected chi connectivity index (χ2v) is 4.42. The minimum Gasteiger partial charge on any atom is -0.478 e. The Hall–Kier alpha value is -2.43. The summed E-state index contributed by atoms with van der Waals surface area (Å²) in [6.07, 6.45) is 1.59. The third-order valence-electron chi connectivity index (χ3n) is 2.75. The lowest BCUT2D eigenvalue weighted by Gasteiger charge is -2.09. The van der Waals surface area contributed by atoms with E-state index in [4.69, 9.17) is 5.11 Å². The highest BCUT2D eigenvalue weighted by molar-refractivity contribution is 5.88. The summed E-state index contributed by atoms with van der Waals surface area (Å²) in [5.41, 5.74) is 1.56. The normalized spacial score (nSPS) is 10.3. The summed E-state index contributed by atoms with van der Waals surface area (Å²) in [4.78, 5) is 15.5. The van der Waals surface area contributed by atoms with Crippen LogP contribution in [0.25, 0.3) is 0 Å². The molecule has 1 aromatic heterocycles. The fourth-order valence-electron chi connectivity index (χ4n) is 1.84. The van der Waals surface area contributed by atoms with E-state index in [-0.39, 0.29) is 11.4 Å². The van der Waals surface area contributed by atoms with Gasteiger partial charge in [0.25, 0.3) is 0 Å². The molecule has 0 spiro atoms. The Kier molecular flexibility index (Phi) is 4.30. The smallest absolute Gasteiger partial charge is 0.335 e. The van der Waals surface area contributed by atoms with Crippen LogP contribution in [-0.4, -0.2) is 16.1 Å². The topological polar surface area (TPSA) is 62.2 Å². The zero-order chi connectivity index (χ0) is 14.5. The predicted octanol–water partition coefficient (Wildman–Crippen LogP) is 3.62. The molecule has 2 rings (SSSR count). The fourth-order valence-corrected chi connectivity index (χ4v) is 1.84. The Morgan fingerprint density at radius 1 is 1.30 bits per heavy atom. The Morgan fingerprint density at radius 2 is 2.00 bits per heavy atom. The van der Waals surface area contributed by atoms with E-state index in [1.54, 1.807) is 18.2 Å². The molecule has 0 atom stereocenters. The lowest BCUT2D eigenvalue weighted by Crippen LogP contribution is -2.03. The van der Waals surface area contributed by atoms with Gasteiger partial charge in [-0.1, -0.05) is 13.3 Å². The molecule has 0 aliphatic heterocycles. The number of hydrogen-bond donors (Lipinski definition) is 2. The SMILES string of the molecule is CCCc1cc(C(=O)O)cc(Nc2ccc(F)cc2)n1. The van der Waals surface area contributed by atoms with Crippen LogP contribution in [0.4, 0.5) is 15.9 Å². The van der Waals surface area contributed by atoms with Gasteiger partial charge in [-0.05, 0) is 42.8 Å². The molecule has 0 amide bonds. The number of aryl methyl sites for hydroxylation is 1. The average Bonchev–Trinajstić information content (AvgIpc) is 2.41. The average molecular weight is 274 g/mol. The van der Waals surface area contributed by atoms with Gasteiger partial charge in [-0.3, -0.25) is 0 Å². The third kappa shape index (κ3) is 3.54. The highest BCUT2D eigenvalue weighted by Gasteiger charge is 2.08. The lowest BCUT2D eigenvalue weighted by atomic mass is 10.1. The van der Waals surface area contributed by atoms with Crippen molar-refractivity contribution in [1.82, 2.24) is 4.98 Å². The number of nitrogens with zero attached hydrogens (tertiary/aromatic N) is 1. The molecule has 4 nitrogen and oxygen atoms in total. The van der Waals surface area contributed by atoms with Gasteiger partial charge in [0.2, 0.25) is 0 Å². The highest BCUT2D eigenvalue weighted by atomic mass is 19.1. The van der Waals surface area contributed by atoms with Gasteiger partial charge in [0.1, 0.15) is 11.6 Å². The molecule has 0 aliphatic rings. The van der Waals surface area contributed by atoms with Gasteiger partial charge >= 0.3 is 5.97 Å². The highest BCUT2D eigenvalue weighted by Crippen LogP contribution is 2.18. The first kappa shape index (κ1) is 14.0. The standard InChI is InChI=1S/C15H15FN2O2/c1-2-3-13-8-10(15(19)20)9-14(18-13)17-12-6-4-11(16)5-7-12/h4-9H,2-3H2,1H3,(H,17,18)(H,19,20). The Balaban J connectivity index is 2.29. The summed E-state index contributed by atoms with van der Waals surface area (Å²) in [6, 6.07) is 8.84. The first-order valence-electron chi connectivity index (χ1n) is 6.35. The molecule has 5 heteroatoms. The monoisotopic (exact) mass is 274 g/mol. The number of aromatic nitrogens is 1. The molecule has 0 fully saturated rings. The van der Waals surface area contributed by atoms with Crippen LogP contribution in [0.2, 0.25) is 0 Å². The quantitative estimate of drug-likeness (QED) is 0.874. The van der Waals surface area contributed by atoms with Crippen LogP contribution in [0, 0.1) is 5.82 Å². The van der Waals surface area contributed by atoms with Crippen molar-refractivity contribution in [2.45, 2.75) is 19.8 Å². The second kappa shape index (κ2) is 6.14. The molecule has 1 heterocycles. The number of hydrogen-bond acceptors (Lipinski definition) is 3. The van der Waals surface area contributed by atoms with Gasteiger partial charge in [-0.2, -0.15) is 0 Å². The van der Waals surface area contributed by atoms with Crippen molar-refractivity contribution in [1.29, 1.82) is 0 Å². The molecule has 0 bridgehead atoms. The molecule has 0 aliphatic carbocycles. The number of anilines is 2. The Bertz CT molecular complexity index is 612. The van der Waals surface area contributed by atoms with Crippen LogP contribution in [-0.2, 0) is 6.42 Å². The number of nitrogens with one attached hydrogen (secondary N) is 1. The number of benzene rings is 1. The van der Waals surface area contributed by atoms with Gasteiger partial charge in [0.05, 0.1) is 5.56 Å². The van der Waals surface area contributed by atoms with Crippen molar-refractivity contribution >= 4 is 17.5 Å². The van der Waals surface area contributed by atoms with Crippen LogP contribution in [0.1, 0.15) is 29.4 Å². The number of carboxylic acid groups (broad SMARTS) is 1. The zero-order valence-electron chi connectivity index (χ0n) is 11.1. The number of halogens is 1. The molecular formula is C15H15FN2O2. The number of rotatable bonds is 5. The van der Waals surface area contributed by atoms with E-state index in [9.17, 15) is 9.18 Å². The van der Waals surface area contributed by atoms with Crippen LogP contribution in [0.15, 0.2) is 36.4 Å². The molecule has 1 aromatic carbocycles. The van der Waals surface area contributed by atoms with Crippen molar-refractivity contribution in [3.63, 3.8) is 0 Å². The van der Waals surface area contributed by atoms with Crippen molar-refractivity contribution in [3.8, 4) is 0 Å². The molecule has 0 saturated heterocycles. The minimum absolute atomic E-state index is 0.188. The summed E-state index contributed by atoms with van der Waals surface area (Å²) >= 11 is 0. The molecule has 0 unspecified atom stereocenters. The molecule has 0 saturated carbocycles. The first-order valence-corrected chi connectivity index (χ1v) is 6.35. The summed E-state index contributed by atoms with van der Waals surface area (Å²) in [7, 11) is 0. The summed E-state index contributed by atoms with van der Waals surface area (Å²) < 4.78 is 12.8. The number of carbonyl (C=O) groups is 1. The first-order chi connectivity index (χ1) is 9.58. The Morgan fingerprint density at radius 3 is 2.60 bits per heavy atom. The number of pyridine rings is 1. The largest absolute Gasteiger partial charge is 0.478 e. The second-order valence-electron chi connectivity index (χ2n) is 4.42. The van der Waals surface area contributed by atoms with Crippen molar-refractivity contribution in [2.24, 2.45) is 0 Å². The summed E-state index contributed by atoms with van der Waals surface area (Å²) in [6.45, 7) is 2.00. The number of aromatic carboxylic acids is 1. The van der Waals surface area contributed by atoms with E-state index in [2.05, 4.69) is 10.3 Å². The van der Waals surface area contributed by atoms with E-state index in [1.165, 1.54) is 18.2 Å². The maximum atomic E-state index is 12.8. The van der Waals surface area contributed by atoms with Crippen LogP contribution in [0.3, 0.4) is 0 Å². The molecule has 20 heavy (non-hydrogen) atoms.